The van der Waals surface area contributed by atoms with E-state index in [1.807, 2.05) is 24.3 Å². The first-order valence-corrected chi connectivity index (χ1v) is 8.64. The zero-order chi connectivity index (χ0) is 16.1. The Hall–Kier alpha value is -1.59. The molecule has 1 amide bonds. The number of carbonyl (C=O) groups excluding carboxylic acids is 1. The van der Waals surface area contributed by atoms with Gasteiger partial charge in [-0.15, -0.1) is 0 Å². The van der Waals surface area contributed by atoms with Crippen LogP contribution in [-0.4, -0.2) is 54.8 Å². The van der Waals surface area contributed by atoms with Crippen LogP contribution in [-0.2, 0) is 4.79 Å². The Bertz CT molecular complexity index is 535. The van der Waals surface area contributed by atoms with Crippen LogP contribution in [0.1, 0.15) is 37.2 Å². The van der Waals surface area contributed by atoms with Crippen molar-refractivity contribution in [3.8, 4) is 5.75 Å². The van der Waals surface area contributed by atoms with Crippen LogP contribution in [0.15, 0.2) is 24.3 Å². The van der Waals surface area contributed by atoms with Crippen molar-refractivity contribution in [1.29, 1.82) is 0 Å². The van der Waals surface area contributed by atoms with Gasteiger partial charge in [0, 0.05) is 18.2 Å². The van der Waals surface area contributed by atoms with E-state index in [-0.39, 0.29) is 18.4 Å². The Balaban J connectivity index is 1.36. The molecule has 3 rings (SSSR count). The molecule has 5 nitrogen and oxygen atoms in total. The zero-order valence-corrected chi connectivity index (χ0v) is 13.5. The smallest absolute Gasteiger partial charge is 0.231 e. The first-order valence-electron chi connectivity index (χ1n) is 8.64. The van der Waals surface area contributed by atoms with Gasteiger partial charge in [-0.3, -0.25) is 9.69 Å². The number of unbranched alkanes of at least 4 members (excludes halogenated alkanes) is 1. The third-order valence-corrected chi connectivity index (χ3v) is 4.90. The summed E-state index contributed by atoms with van der Waals surface area (Å²) in [5, 5.41) is 12.3. The maximum Gasteiger partial charge on any atom is 0.231 e. The monoisotopic (exact) mass is 318 g/mol. The molecule has 2 heterocycles. The largest absolute Gasteiger partial charge is 0.492 e. The summed E-state index contributed by atoms with van der Waals surface area (Å²) in [7, 11) is 0. The Morgan fingerprint density at radius 2 is 2.22 bits per heavy atom. The van der Waals surface area contributed by atoms with E-state index in [1.165, 1.54) is 6.42 Å². The molecule has 126 valence electrons. The average Bonchev–Trinajstić information content (AvgIpc) is 3.20. The Morgan fingerprint density at radius 1 is 1.35 bits per heavy atom. The zero-order valence-electron chi connectivity index (χ0n) is 13.5. The summed E-state index contributed by atoms with van der Waals surface area (Å²) in [4.78, 5) is 14.7. The van der Waals surface area contributed by atoms with Crippen LogP contribution in [0, 0.1) is 0 Å². The van der Waals surface area contributed by atoms with E-state index < -0.39 is 0 Å². The molecule has 2 atom stereocenters. The molecule has 0 radical (unpaired) electrons. The van der Waals surface area contributed by atoms with E-state index in [2.05, 4.69) is 10.2 Å². The number of aliphatic hydroxyl groups excluding tert-OH is 1. The molecular weight excluding hydrogens is 292 g/mol. The molecule has 0 saturated carbocycles. The minimum Gasteiger partial charge on any atom is -0.492 e. The van der Waals surface area contributed by atoms with Crippen LogP contribution >= 0.6 is 0 Å². The van der Waals surface area contributed by atoms with Gasteiger partial charge in [0.2, 0.25) is 5.91 Å². The first kappa shape index (κ1) is 16.3. The summed E-state index contributed by atoms with van der Waals surface area (Å²) in [5.74, 6) is 0.713. The lowest BCUT2D eigenvalue weighted by Crippen LogP contribution is -2.34. The van der Waals surface area contributed by atoms with Crippen LogP contribution in [0.4, 0.5) is 0 Å². The van der Waals surface area contributed by atoms with Crippen LogP contribution < -0.4 is 10.1 Å². The number of para-hydroxylation sites is 1. The van der Waals surface area contributed by atoms with Crippen molar-refractivity contribution >= 4 is 5.91 Å². The number of amides is 1. The Morgan fingerprint density at radius 3 is 3.09 bits per heavy atom. The maximum absolute atomic E-state index is 12.3. The fraction of sp³-hybridized carbons (Fsp3) is 0.611. The predicted octanol–water partition coefficient (Wildman–Crippen LogP) is 1.52. The number of ether oxygens (including phenoxy) is 1. The molecule has 23 heavy (non-hydrogen) atoms. The van der Waals surface area contributed by atoms with E-state index in [0.29, 0.717) is 19.2 Å². The second-order valence-corrected chi connectivity index (χ2v) is 6.41. The van der Waals surface area contributed by atoms with Gasteiger partial charge in [0.1, 0.15) is 18.3 Å². The van der Waals surface area contributed by atoms with Crippen molar-refractivity contribution in [2.75, 3.05) is 32.8 Å². The summed E-state index contributed by atoms with van der Waals surface area (Å²) >= 11 is 0. The molecule has 1 fully saturated rings. The highest BCUT2D eigenvalue weighted by Gasteiger charge is 2.29. The number of benzene rings is 1. The molecule has 2 aliphatic rings. The first-order chi connectivity index (χ1) is 11.3. The topological polar surface area (TPSA) is 61.8 Å². The van der Waals surface area contributed by atoms with E-state index in [0.717, 1.165) is 43.7 Å². The quantitative estimate of drug-likeness (QED) is 0.748. The van der Waals surface area contributed by atoms with E-state index >= 15 is 0 Å². The van der Waals surface area contributed by atoms with Crippen molar-refractivity contribution in [3.63, 3.8) is 0 Å². The van der Waals surface area contributed by atoms with Gasteiger partial charge >= 0.3 is 0 Å². The average molecular weight is 318 g/mol. The number of nitrogens with one attached hydrogen (secondary N) is 1. The molecular formula is C18H26N2O3. The summed E-state index contributed by atoms with van der Waals surface area (Å²) in [6.07, 6.45) is 4.31. The normalized spacial score (nSPS) is 23.5. The number of carbonyl (C=O) groups is 1. The SMILES string of the molecule is O=C(NCCCCN1CCCC1CO)C1COc2ccccc21. The highest BCUT2D eigenvalue weighted by atomic mass is 16.5. The number of likely N-dealkylation sites (tertiary alicyclic amines) is 1. The number of hydrogen-bond donors (Lipinski definition) is 2. The van der Waals surface area contributed by atoms with E-state index in [1.54, 1.807) is 0 Å². The standard InChI is InChI=1S/C18H26N2O3/c21-12-14-6-5-11-20(14)10-4-3-9-19-18(22)16-13-23-17-8-2-1-7-15(16)17/h1-2,7-8,14,16,21H,3-6,9-13H2,(H,19,22). The molecule has 1 saturated heterocycles. The van der Waals surface area contributed by atoms with Gasteiger partial charge in [0.25, 0.3) is 0 Å². The van der Waals surface area contributed by atoms with Gasteiger partial charge in [-0.2, -0.15) is 0 Å². The van der Waals surface area contributed by atoms with Crippen molar-refractivity contribution in [2.24, 2.45) is 0 Å². The second kappa shape index (κ2) is 7.79. The number of nitrogens with zero attached hydrogens (tertiary/aromatic N) is 1. The lowest BCUT2D eigenvalue weighted by Gasteiger charge is -2.22. The van der Waals surface area contributed by atoms with Crippen molar-refractivity contribution < 1.29 is 14.6 Å². The molecule has 2 unspecified atom stereocenters. The van der Waals surface area contributed by atoms with Crippen molar-refractivity contribution in [3.05, 3.63) is 29.8 Å². The van der Waals surface area contributed by atoms with Crippen LogP contribution in [0.3, 0.4) is 0 Å². The van der Waals surface area contributed by atoms with E-state index in [4.69, 9.17) is 4.74 Å². The fourth-order valence-corrected chi connectivity index (χ4v) is 3.55. The van der Waals surface area contributed by atoms with Gasteiger partial charge in [-0.1, -0.05) is 18.2 Å². The number of aliphatic hydroxyl groups is 1. The fourth-order valence-electron chi connectivity index (χ4n) is 3.55. The van der Waals surface area contributed by atoms with Gasteiger partial charge < -0.3 is 15.2 Å². The molecule has 1 aromatic carbocycles. The molecule has 0 spiro atoms. The third-order valence-electron chi connectivity index (χ3n) is 4.90. The molecule has 5 heteroatoms. The van der Waals surface area contributed by atoms with Crippen LogP contribution in [0.25, 0.3) is 0 Å². The molecule has 1 aromatic rings. The number of rotatable bonds is 7. The predicted molar refractivity (Wildman–Crippen MR) is 88.6 cm³/mol. The molecule has 2 aliphatic heterocycles. The maximum atomic E-state index is 12.3. The highest BCUT2D eigenvalue weighted by Crippen LogP contribution is 2.33. The highest BCUT2D eigenvalue weighted by molar-refractivity contribution is 5.85. The number of hydrogen-bond acceptors (Lipinski definition) is 4. The second-order valence-electron chi connectivity index (χ2n) is 6.41. The van der Waals surface area contributed by atoms with Crippen molar-refractivity contribution in [1.82, 2.24) is 10.2 Å². The molecule has 0 bridgehead atoms. The molecule has 2 N–H and O–H groups in total. The minimum atomic E-state index is -0.177. The third kappa shape index (κ3) is 3.85. The van der Waals surface area contributed by atoms with Gasteiger partial charge in [0.15, 0.2) is 0 Å². The lowest BCUT2D eigenvalue weighted by atomic mass is 10.0. The van der Waals surface area contributed by atoms with Gasteiger partial charge in [0.05, 0.1) is 6.61 Å². The minimum absolute atomic E-state index is 0.0596. The lowest BCUT2D eigenvalue weighted by molar-refractivity contribution is -0.122. The molecule has 0 aliphatic carbocycles. The van der Waals surface area contributed by atoms with Crippen LogP contribution in [0.2, 0.25) is 0 Å². The van der Waals surface area contributed by atoms with Gasteiger partial charge in [-0.25, -0.2) is 0 Å². The van der Waals surface area contributed by atoms with E-state index in [9.17, 15) is 9.90 Å². The number of fused-ring (bicyclic) bond motifs is 1. The summed E-state index contributed by atoms with van der Waals surface area (Å²) in [6.45, 7) is 3.51. The molecule has 0 aromatic heterocycles. The Labute approximate surface area is 137 Å². The van der Waals surface area contributed by atoms with Crippen molar-refractivity contribution in [2.45, 2.75) is 37.6 Å². The van der Waals surface area contributed by atoms with Gasteiger partial charge in [-0.05, 0) is 44.8 Å². The summed E-state index contributed by atoms with van der Waals surface area (Å²) in [5.41, 5.74) is 0.993. The summed E-state index contributed by atoms with van der Waals surface area (Å²) < 4.78 is 5.56. The summed E-state index contributed by atoms with van der Waals surface area (Å²) in [6, 6.07) is 8.10. The van der Waals surface area contributed by atoms with Crippen LogP contribution in [0.5, 0.6) is 5.75 Å². The Kier molecular flexibility index (Phi) is 5.51.